The van der Waals surface area contributed by atoms with Crippen LogP contribution in [0, 0.1) is 17.8 Å². The van der Waals surface area contributed by atoms with Gasteiger partial charge in [0.15, 0.2) is 0 Å². The summed E-state index contributed by atoms with van der Waals surface area (Å²) in [6, 6.07) is 1.77. The molecule has 0 spiro atoms. The third-order valence-electron chi connectivity index (χ3n) is 6.12. The Bertz CT molecular complexity index is 289. The Morgan fingerprint density at radius 1 is 0.947 bits per heavy atom. The van der Waals surface area contributed by atoms with Crippen LogP contribution in [-0.2, 0) is 0 Å². The molecule has 0 radical (unpaired) electrons. The summed E-state index contributed by atoms with van der Waals surface area (Å²) in [6.45, 7) is 8.75. The second-order valence-electron chi connectivity index (χ2n) is 7.53. The molecule has 2 aliphatic heterocycles. The fourth-order valence-corrected chi connectivity index (χ4v) is 4.87. The minimum absolute atomic E-state index is 0.870. The first-order valence-corrected chi connectivity index (χ1v) is 8.72. The predicted molar refractivity (Wildman–Crippen MR) is 81.3 cm³/mol. The number of nitrogens with one attached hydrogen (secondary N) is 1. The van der Waals surface area contributed by atoms with E-state index in [9.17, 15) is 0 Å². The second-order valence-corrected chi connectivity index (χ2v) is 7.53. The molecular weight excluding hydrogens is 232 g/mol. The fourth-order valence-electron chi connectivity index (χ4n) is 4.87. The SMILES string of the molecule is CC(C)C1CCCC(N2CCCC3CNCC32)CC1. The zero-order valence-corrected chi connectivity index (χ0v) is 12.9. The molecule has 4 atom stereocenters. The van der Waals surface area contributed by atoms with E-state index in [1.54, 1.807) is 0 Å². The van der Waals surface area contributed by atoms with E-state index in [4.69, 9.17) is 0 Å². The molecule has 3 rings (SSSR count). The number of piperidine rings is 1. The van der Waals surface area contributed by atoms with Gasteiger partial charge < -0.3 is 5.32 Å². The Hall–Kier alpha value is -0.0800. The predicted octanol–water partition coefficient (Wildman–Crippen LogP) is 3.28. The van der Waals surface area contributed by atoms with Gasteiger partial charge in [0.2, 0.25) is 0 Å². The summed E-state index contributed by atoms with van der Waals surface area (Å²) in [6.07, 6.45) is 10.3. The number of nitrogens with zero attached hydrogens (tertiary/aromatic N) is 1. The minimum Gasteiger partial charge on any atom is -0.315 e. The lowest BCUT2D eigenvalue weighted by atomic mass is 9.88. The van der Waals surface area contributed by atoms with Gasteiger partial charge in [0.1, 0.15) is 0 Å². The molecule has 2 saturated heterocycles. The average Bonchev–Trinajstić information content (AvgIpc) is 2.74. The summed E-state index contributed by atoms with van der Waals surface area (Å²) < 4.78 is 0. The Morgan fingerprint density at radius 3 is 2.68 bits per heavy atom. The number of hydrogen-bond donors (Lipinski definition) is 1. The maximum Gasteiger partial charge on any atom is 0.0263 e. The lowest BCUT2D eigenvalue weighted by molar-refractivity contribution is 0.0684. The number of hydrogen-bond acceptors (Lipinski definition) is 2. The summed E-state index contributed by atoms with van der Waals surface area (Å²) >= 11 is 0. The van der Waals surface area contributed by atoms with Gasteiger partial charge >= 0.3 is 0 Å². The van der Waals surface area contributed by atoms with Crippen molar-refractivity contribution < 1.29 is 0 Å². The van der Waals surface area contributed by atoms with Gasteiger partial charge in [-0.15, -0.1) is 0 Å². The number of rotatable bonds is 2. The highest BCUT2D eigenvalue weighted by Gasteiger charge is 2.38. The molecule has 0 amide bonds. The lowest BCUT2D eigenvalue weighted by Crippen LogP contribution is -2.50. The monoisotopic (exact) mass is 264 g/mol. The van der Waals surface area contributed by atoms with Gasteiger partial charge in [-0.25, -0.2) is 0 Å². The van der Waals surface area contributed by atoms with Crippen LogP contribution < -0.4 is 5.32 Å². The molecule has 1 N–H and O–H groups in total. The van der Waals surface area contributed by atoms with E-state index in [0.29, 0.717) is 0 Å². The quantitative estimate of drug-likeness (QED) is 0.770. The standard InChI is InChI=1S/C17H32N2/c1-13(2)14-5-3-7-16(9-8-14)19-10-4-6-15-11-18-12-17(15)19/h13-18H,3-12H2,1-2H3. The summed E-state index contributed by atoms with van der Waals surface area (Å²) in [5.74, 6) is 2.84. The molecule has 2 heterocycles. The summed E-state index contributed by atoms with van der Waals surface area (Å²) in [7, 11) is 0. The number of fused-ring (bicyclic) bond motifs is 1. The van der Waals surface area contributed by atoms with E-state index in [1.165, 1.54) is 64.6 Å². The topological polar surface area (TPSA) is 15.3 Å². The first-order chi connectivity index (χ1) is 9.25. The van der Waals surface area contributed by atoms with Gasteiger partial charge in [-0.2, -0.15) is 0 Å². The van der Waals surface area contributed by atoms with Gasteiger partial charge in [0.05, 0.1) is 0 Å². The molecule has 3 fully saturated rings. The Labute approximate surface area is 119 Å². The summed E-state index contributed by atoms with van der Waals surface area (Å²) in [4.78, 5) is 2.91. The van der Waals surface area contributed by atoms with E-state index >= 15 is 0 Å². The highest BCUT2D eigenvalue weighted by molar-refractivity contribution is 4.95. The molecule has 0 aromatic heterocycles. The van der Waals surface area contributed by atoms with Crippen molar-refractivity contribution in [2.45, 2.75) is 70.9 Å². The normalized spacial score (nSPS) is 41.2. The summed E-state index contributed by atoms with van der Waals surface area (Å²) in [5, 5.41) is 3.63. The van der Waals surface area contributed by atoms with Crippen LogP contribution in [0.15, 0.2) is 0 Å². The van der Waals surface area contributed by atoms with E-state index in [1.807, 2.05) is 0 Å². The zero-order valence-electron chi connectivity index (χ0n) is 12.9. The van der Waals surface area contributed by atoms with Gasteiger partial charge in [-0.3, -0.25) is 4.90 Å². The molecule has 110 valence electrons. The molecular formula is C17H32N2. The first-order valence-electron chi connectivity index (χ1n) is 8.72. The third kappa shape index (κ3) is 3.00. The largest absolute Gasteiger partial charge is 0.315 e. The van der Waals surface area contributed by atoms with Crippen LogP contribution >= 0.6 is 0 Å². The van der Waals surface area contributed by atoms with Crippen LogP contribution in [0.4, 0.5) is 0 Å². The minimum atomic E-state index is 0.870. The number of likely N-dealkylation sites (tertiary alicyclic amines) is 1. The first kappa shape index (κ1) is 13.9. The maximum absolute atomic E-state index is 3.63. The van der Waals surface area contributed by atoms with Gasteiger partial charge in [0, 0.05) is 18.6 Å². The van der Waals surface area contributed by atoms with Crippen molar-refractivity contribution in [2.75, 3.05) is 19.6 Å². The molecule has 4 unspecified atom stereocenters. The van der Waals surface area contributed by atoms with E-state index in [2.05, 4.69) is 24.1 Å². The summed E-state index contributed by atoms with van der Waals surface area (Å²) in [5.41, 5.74) is 0. The van der Waals surface area contributed by atoms with Crippen LogP contribution in [0.25, 0.3) is 0 Å². The highest BCUT2D eigenvalue weighted by atomic mass is 15.2. The van der Waals surface area contributed by atoms with E-state index in [-0.39, 0.29) is 0 Å². The van der Waals surface area contributed by atoms with Crippen molar-refractivity contribution in [2.24, 2.45) is 17.8 Å². The Morgan fingerprint density at radius 2 is 1.84 bits per heavy atom. The van der Waals surface area contributed by atoms with Gasteiger partial charge in [-0.1, -0.05) is 26.7 Å². The molecule has 19 heavy (non-hydrogen) atoms. The van der Waals surface area contributed by atoms with Crippen molar-refractivity contribution in [3.8, 4) is 0 Å². The van der Waals surface area contributed by atoms with Crippen LogP contribution in [-0.4, -0.2) is 36.6 Å². The molecule has 0 aromatic rings. The van der Waals surface area contributed by atoms with Crippen LogP contribution in [0.5, 0.6) is 0 Å². The average molecular weight is 264 g/mol. The Balaban J connectivity index is 1.62. The van der Waals surface area contributed by atoms with E-state index in [0.717, 1.165) is 29.8 Å². The second kappa shape index (κ2) is 6.13. The molecule has 1 saturated carbocycles. The molecule has 2 nitrogen and oxygen atoms in total. The van der Waals surface area contributed by atoms with Crippen LogP contribution in [0.3, 0.4) is 0 Å². The molecule has 1 aliphatic carbocycles. The van der Waals surface area contributed by atoms with E-state index < -0.39 is 0 Å². The van der Waals surface area contributed by atoms with Crippen molar-refractivity contribution in [3.63, 3.8) is 0 Å². The maximum atomic E-state index is 3.63. The molecule has 0 aromatic carbocycles. The van der Waals surface area contributed by atoms with Crippen molar-refractivity contribution in [1.82, 2.24) is 10.2 Å². The molecule has 2 heteroatoms. The van der Waals surface area contributed by atoms with Gasteiger partial charge in [-0.05, 0) is 62.9 Å². The van der Waals surface area contributed by atoms with Crippen LogP contribution in [0.2, 0.25) is 0 Å². The molecule has 0 bridgehead atoms. The lowest BCUT2D eigenvalue weighted by Gasteiger charge is -2.42. The fraction of sp³-hybridized carbons (Fsp3) is 1.00. The Kier molecular flexibility index (Phi) is 4.48. The molecule has 3 aliphatic rings. The van der Waals surface area contributed by atoms with Crippen molar-refractivity contribution in [1.29, 1.82) is 0 Å². The zero-order chi connectivity index (χ0) is 13.2. The smallest absolute Gasteiger partial charge is 0.0263 e. The van der Waals surface area contributed by atoms with Gasteiger partial charge in [0.25, 0.3) is 0 Å². The van der Waals surface area contributed by atoms with Crippen LogP contribution in [0.1, 0.15) is 58.8 Å². The van der Waals surface area contributed by atoms with Crippen molar-refractivity contribution >= 4 is 0 Å². The third-order valence-corrected chi connectivity index (χ3v) is 6.12. The highest BCUT2D eigenvalue weighted by Crippen LogP contribution is 2.35. The van der Waals surface area contributed by atoms with Crippen molar-refractivity contribution in [3.05, 3.63) is 0 Å².